The third kappa shape index (κ3) is 16.1. The van der Waals surface area contributed by atoms with Crippen molar-refractivity contribution >= 4 is 49.8 Å². The Kier molecular flexibility index (Phi) is 12.1. The molecule has 10 heteroatoms. The van der Waals surface area contributed by atoms with E-state index in [4.69, 9.17) is 4.55 Å². The zero-order chi connectivity index (χ0) is 6.78. The zero-order valence-corrected chi connectivity index (χ0v) is 6.76. The molecule has 1 unspecified atom stereocenters. The van der Waals surface area contributed by atoms with Crippen LogP contribution in [0.5, 0.6) is 0 Å². The van der Waals surface area contributed by atoms with Crippen LogP contribution in [0.2, 0.25) is 0 Å². The van der Waals surface area contributed by atoms with E-state index in [9.17, 15) is 14.3 Å². The maximum absolute atomic E-state index is 9.70. The predicted octanol–water partition coefficient (Wildman–Crippen LogP) is -1.32. The summed E-state index contributed by atoms with van der Waals surface area (Å²) in [6.07, 6.45) is 0. The second-order valence-electron chi connectivity index (χ2n) is 0.726. The third-order valence-electron chi connectivity index (χ3n) is 0.155. The van der Waals surface area contributed by atoms with Gasteiger partial charge in [0.05, 0.1) is 0 Å². The maximum atomic E-state index is 9.70. The molecule has 0 aliphatic heterocycles. The van der Waals surface area contributed by atoms with Gasteiger partial charge in [-0.1, -0.05) is 0 Å². The molecule has 0 aromatic rings. The molecule has 6 nitrogen and oxygen atoms in total. The molecule has 0 aliphatic carbocycles. The van der Waals surface area contributed by atoms with Gasteiger partial charge in [0.15, 0.2) is 0 Å². The van der Waals surface area contributed by atoms with Gasteiger partial charge >= 0.3 is 43.7 Å². The first-order valence-corrected chi connectivity index (χ1v) is 3.60. The fourth-order valence-electron chi connectivity index (χ4n) is 0.0769. The molecular formula is H2AgNNaO5S2. The van der Waals surface area contributed by atoms with Crippen molar-refractivity contribution in [2.45, 2.75) is 0 Å². The molecule has 0 bridgehead atoms. The summed E-state index contributed by atoms with van der Waals surface area (Å²) in [5.41, 5.74) is 0. The Morgan fingerprint density at radius 1 is 1.70 bits per heavy atom. The summed E-state index contributed by atoms with van der Waals surface area (Å²) >= 11 is 3.58. The van der Waals surface area contributed by atoms with Gasteiger partial charge in [0, 0.05) is 33.6 Å². The zero-order valence-electron chi connectivity index (χ0n) is 3.65. The van der Waals surface area contributed by atoms with E-state index in [0.717, 1.165) is 0 Å². The summed E-state index contributed by atoms with van der Waals surface area (Å²) in [6.45, 7) is 0. The molecule has 1 atom stereocenters. The predicted molar refractivity (Wildman–Crippen MR) is 33.4 cm³/mol. The van der Waals surface area contributed by atoms with Crippen molar-refractivity contribution in [3.8, 4) is 0 Å². The molecule has 0 aromatic carbocycles. The molecule has 0 saturated carbocycles. The van der Waals surface area contributed by atoms with E-state index in [0.29, 0.717) is 0 Å². The van der Waals surface area contributed by atoms with E-state index < -0.39 is 14.1 Å². The van der Waals surface area contributed by atoms with Gasteiger partial charge in [-0.15, -0.1) is 10.1 Å². The quantitative estimate of drug-likeness (QED) is 0.385. The molecule has 0 amide bonds. The van der Waals surface area contributed by atoms with Crippen molar-refractivity contribution in [2.24, 2.45) is 0 Å². The van der Waals surface area contributed by atoms with E-state index in [2.05, 4.69) is 15.5 Å². The van der Waals surface area contributed by atoms with Gasteiger partial charge in [0.25, 0.3) is 0 Å². The van der Waals surface area contributed by atoms with E-state index in [1.165, 1.54) is 0 Å². The van der Waals surface area contributed by atoms with Gasteiger partial charge in [-0.25, -0.2) is 4.21 Å². The monoisotopic (exact) mass is 290 g/mol. The number of nitrogens with zero attached hydrogens (tertiary/aromatic N) is 1. The molecule has 0 fully saturated rings. The van der Waals surface area contributed by atoms with Gasteiger partial charge in [-0.3, -0.25) is 4.55 Å². The fourth-order valence-corrected chi connectivity index (χ4v) is 0.380. The Labute approximate surface area is 99.3 Å². The minimum atomic E-state index is -4.09. The normalized spacial score (nSPS) is 13.3. The van der Waals surface area contributed by atoms with Crippen molar-refractivity contribution in [1.82, 2.24) is 0 Å². The molecule has 0 saturated heterocycles. The van der Waals surface area contributed by atoms with Crippen molar-refractivity contribution in [1.29, 1.82) is 0 Å². The van der Waals surface area contributed by atoms with Crippen LogP contribution in [0.1, 0.15) is 0 Å². The van der Waals surface area contributed by atoms with Crippen LogP contribution in [-0.4, -0.2) is 43.4 Å². The van der Waals surface area contributed by atoms with Crippen LogP contribution >= 0.6 is 0 Å². The molecule has 10 heavy (non-hydrogen) atoms. The summed E-state index contributed by atoms with van der Waals surface area (Å²) in [6, 6.07) is 0. The molecule has 0 heterocycles. The van der Waals surface area contributed by atoms with Crippen LogP contribution in [0.3, 0.4) is 0 Å². The Morgan fingerprint density at radius 2 is 2.00 bits per heavy atom. The second kappa shape index (κ2) is 6.95. The third-order valence-corrected chi connectivity index (χ3v) is 0.648. The molecule has 0 spiro atoms. The van der Waals surface area contributed by atoms with Gasteiger partial charge in [-0.05, 0) is 0 Å². The van der Waals surface area contributed by atoms with Crippen molar-refractivity contribution < 1.29 is 40.5 Å². The molecule has 1 N–H and O–H groups in total. The molecular weight excluding hydrogens is 289 g/mol. The summed E-state index contributed by atoms with van der Waals surface area (Å²) in [7, 11) is -4.09. The van der Waals surface area contributed by atoms with Crippen LogP contribution in [0.4, 0.5) is 0 Å². The number of rotatable bonds is 2. The van der Waals surface area contributed by atoms with Gasteiger partial charge in [0.2, 0.25) is 0 Å². The second-order valence-corrected chi connectivity index (χ2v) is 2.99. The topological polar surface area (TPSA) is 89.7 Å². The summed E-state index contributed by atoms with van der Waals surface area (Å²) in [5, 5.41) is 7.77. The fraction of sp³-hybridized carbons (Fsp3) is 0. The van der Waals surface area contributed by atoms with Crippen LogP contribution in [-0.2, 0) is 46.9 Å². The number of hydrogen-bond acceptors (Lipinski definition) is 5. The van der Waals surface area contributed by atoms with Crippen molar-refractivity contribution in [3.05, 3.63) is 10.1 Å². The molecule has 61 valence electrons. The molecule has 0 aliphatic rings. The summed E-state index contributed by atoms with van der Waals surface area (Å²) < 4.78 is 20.6. The van der Waals surface area contributed by atoms with E-state index in [-0.39, 0.29) is 51.9 Å². The first-order valence-electron chi connectivity index (χ1n) is 1.23. The SMILES string of the molecule is O=[N+]([O-])OS(=O)(O)=S.[Ag].[NaH]. The summed E-state index contributed by atoms with van der Waals surface area (Å²) in [4.78, 5) is 9.19. The average molecular weight is 291 g/mol. The van der Waals surface area contributed by atoms with E-state index >= 15 is 0 Å². The van der Waals surface area contributed by atoms with Crippen LogP contribution in [0, 0.1) is 10.1 Å². The molecule has 0 aromatic heterocycles. The van der Waals surface area contributed by atoms with Crippen LogP contribution in [0.15, 0.2) is 0 Å². The first kappa shape index (κ1) is 17.4. The molecule has 1 radical (unpaired) electrons. The van der Waals surface area contributed by atoms with Crippen molar-refractivity contribution in [2.75, 3.05) is 0 Å². The first-order chi connectivity index (χ1) is 3.42. The Balaban J connectivity index is -0.000000245. The van der Waals surface area contributed by atoms with Crippen molar-refractivity contribution in [3.63, 3.8) is 0 Å². The van der Waals surface area contributed by atoms with Crippen LogP contribution in [0.25, 0.3) is 0 Å². The van der Waals surface area contributed by atoms with E-state index in [1.54, 1.807) is 0 Å². The standard InChI is InChI=1S/Ag.HNO5S2.Na.H/c;2-1(3)6-8(4,5)7;;/h;(H,4,5,7);;. The minimum absolute atomic E-state index is 0. The van der Waals surface area contributed by atoms with Gasteiger partial charge in [0.1, 0.15) is 0 Å². The van der Waals surface area contributed by atoms with E-state index in [1.807, 2.05) is 0 Å². The Hall–Kier alpha value is 1.27. The Bertz CT molecular complexity index is 186. The van der Waals surface area contributed by atoms with Gasteiger partial charge in [-0.2, -0.15) is 4.28 Å². The number of hydrogen-bond donors (Lipinski definition) is 1. The summed E-state index contributed by atoms with van der Waals surface area (Å²) in [5.74, 6) is 0. The van der Waals surface area contributed by atoms with Gasteiger partial charge < -0.3 is 0 Å². The average Bonchev–Trinajstić information content (AvgIpc) is 1.21. The van der Waals surface area contributed by atoms with Crippen LogP contribution < -0.4 is 0 Å². The Morgan fingerprint density at radius 3 is 2.00 bits per heavy atom. The molecule has 0 rings (SSSR count).